The number of hydrogen-bond donors (Lipinski definition) is 2. The number of nitrogens with one attached hydrogen (secondary N) is 2. The van der Waals surface area contributed by atoms with Crippen molar-refractivity contribution in [2.24, 2.45) is 5.92 Å². The first-order chi connectivity index (χ1) is 7.19. The molecule has 0 aliphatic heterocycles. The van der Waals surface area contributed by atoms with Gasteiger partial charge in [-0.3, -0.25) is 4.79 Å². The zero-order chi connectivity index (χ0) is 11.3. The highest BCUT2D eigenvalue weighted by molar-refractivity contribution is 5.81. The Morgan fingerprint density at radius 3 is 2.53 bits per heavy atom. The lowest BCUT2D eigenvalue weighted by atomic mass is 10.1. The van der Waals surface area contributed by atoms with Gasteiger partial charge in [-0.15, -0.1) is 0 Å². The van der Waals surface area contributed by atoms with Crippen molar-refractivity contribution in [3.63, 3.8) is 0 Å². The molecule has 1 aliphatic carbocycles. The highest BCUT2D eigenvalue weighted by Gasteiger charge is 2.31. The second kappa shape index (κ2) is 6.11. The van der Waals surface area contributed by atoms with Crippen LogP contribution in [-0.4, -0.2) is 24.5 Å². The SMILES string of the molecule is CCCNC(=O)C(C)NC(CC)C1CC1. The second-order valence-corrected chi connectivity index (χ2v) is 4.53. The Balaban J connectivity index is 2.25. The predicted octanol–water partition coefficient (Wildman–Crippen LogP) is 1.68. The van der Waals surface area contributed by atoms with Gasteiger partial charge in [-0.1, -0.05) is 13.8 Å². The van der Waals surface area contributed by atoms with E-state index in [4.69, 9.17) is 0 Å². The van der Waals surface area contributed by atoms with Gasteiger partial charge in [0.2, 0.25) is 5.91 Å². The van der Waals surface area contributed by atoms with Crippen LogP contribution in [0.1, 0.15) is 46.5 Å². The molecule has 1 saturated carbocycles. The Bertz CT molecular complexity index is 202. The van der Waals surface area contributed by atoms with Crippen LogP contribution in [0.2, 0.25) is 0 Å². The summed E-state index contributed by atoms with van der Waals surface area (Å²) < 4.78 is 0. The van der Waals surface area contributed by atoms with Crippen LogP contribution in [0.3, 0.4) is 0 Å². The third kappa shape index (κ3) is 4.20. The molecule has 2 unspecified atom stereocenters. The van der Waals surface area contributed by atoms with Crippen molar-refractivity contribution < 1.29 is 4.79 Å². The minimum Gasteiger partial charge on any atom is -0.355 e. The van der Waals surface area contributed by atoms with Crippen LogP contribution in [0.15, 0.2) is 0 Å². The topological polar surface area (TPSA) is 41.1 Å². The van der Waals surface area contributed by atoms with Gasteiger partial charge in [0, 0.05) is 12.6 Å². The zero-order valence-corrected chi connectivity index (χ0v) is 10.2. The molecule has 0 bridgehead atoms. The molecule has 3 heteroatoms. The van der Waals surface area contributed by atoms with Gasteiger partial charge < -0.3 is 10.6 Å². The maximum Gasteiger partial charge on any atom is 0.236 e. The van der Waals surface area contributed by atoms with Crippen LogP contribution in [0.5, 0.6) is 0 Å². The molecule has 1 rings (SSSR count). The van der Waals surface area contributed by atoms with Crippen LogP contribution < -0.4 is 10.6 Å². The summed E-state index contributed by atoms with van der Waals surface area (Å²) in [5.41, 5.74) is 0. The van der Waals surface area contributed by atoms with Crippen LogP contribution >= 0.6 is 0 Å². The standard InChI is InChI=1S/C12H24N2O/c1-4-8-13-12(15)9(3)14-11(5-2)10-6-7-10/h9-11,14H,4-8H2,1-3H3,(H,13,15). The summed E-state index contributed by atoms with van der Waals surface area (Å²) in [4.78, 5) is 11.6. The Kier molecular flexibility index (Phi) is 5.09. The van der Waals surface area contributed by atoms with Crippen LogP contribution in [0.25, 0.3) is 0 Å². The molecule has 0 aromatic rings. The molecule has 2 atom stereocenters. The van der Waals surface area contributed by atoms with Gasteiger partial charge in [0.05, 0.1) is 6.04 Å². The van der Waals surface area contributed by atoms with Gasteiger partial charge in [-0.05, 0) is 38.5 Å². The molecule has 0 aromatic heterocycles. The Morgan fingerprint density at radius 1 is 1.40 bits per heavy atom. The van der Waals surface area contributed by atoms with E-state index in [-0.39, 0.29) is 11.9 Å². The monoisotopic (exact) mass is 212 g/mol. The summed E-state index contributed by atoms with van der Waals surface area (Å²) in [6.07, 6.45) is 4.78. The van der Waals surface area contributed by atoms with Crippen LogP contribution in [0.4, 0.5) is 0 Å². The van der Waals surface area contributed by atoms with E-state index >= 15 is 0 Å². The van der Waals surface area contributed by atoms with E-state index in [0.717, 1.165) is 25.3 Å². The summed E-state index contributed by atoms with van der Waals surface area (Å²) in [6.45, 7) is 6.99. The van der Waals surface area contributed by atoms with Crippen molar-refractivity contribution in [3.05, 3.63) is 0 Å². The smallest absolute Gasteiger partial charge is 0.236 e. The number of carbonyl (C=O) groups is 1. The first-order valence-electron chi connectivity index (χ1n) is 6.22. The number of amides is 1. The summed E-state index contributed by atoms with van der Waals surface area (Å²) in [5.74, 6) is 0.951. The first-order valence-corrected chi connectivity index (χ1v) is 6.22. The molecule has 88 valence electrons. The molecular weight excluding hydrogens is 188 g/mol. The van der Waals surface area contributed by atoms with Crippen LogP contribution in [-0.2, 0) is 4.79 Å². The molecule has 0 heterocycles. The van der Waals surface area contributed by atoms with Crippen molar-refractivity contribution in [1.82, 2.24) is 10.6 Å². The summed E-state index contributed by atoms with van der Waals surface area (Å²) in [6, 6.07) is 0.481. The van der Waals surface area contributed by atoms with E-state index < -0.39 is 0 Å². The Labute approximate surface area is 93.0 Å². The fourth-order valence-electron chi connectivity index (χ4n) is 1.88. The van der Waals surface area contributed by atoms with Crippen molar-refractivity contribution in [1.29, 1.82) is 0 Å². The fraction of sp³-hybridized carbons (Fsp3) is 0.917. The summed E-state index contributed by atoms with van der Waals surface area (Å²) in [5, 5.41) is 6.34. The second-order valence-electron chi connectivity index (χ2n) is 4.53. The van der Waals surface area contributed by atoms with Crippen LogP contribution in [0, 0.1) is 5.92 Å². The highest BCUT2D eigenvalue weighted by Crippen LogP contribution is 2.34. The molecule has 2 N–H and O–H groups in total. The molecular formula is C12H24N2O. The minimum atomic E-state index is -0.0536. The normalized spacial score (nSPS) is 19.7. The average Bonchev–Trinajstić information content (AvgIpc) is 3.05. The molecule has 1 fully saturated rings. The maximum atomic E-state index is 11.6. The van der Waals surface area contributed by atoms with Gasteiger partial charge in [0.25, 0.3) is 0 Å². The molecule has 0 saturated heterocycles. The van der Waals surface area contributed by atoms with Gasteiger partial charge in [0.1, 0.15) is 0 Å². The van der Waals surface area contributed by atoms with E-state index in [1.807, 2.05) is 6.92 Å². The van der Waals surface area contributed by atoms with E-state index in [1.165, 1.54) is 12.8 Å². The van der Waals surface area contributed by atoms with Gasteiger partial charge in [-0.25, -0.2) is 0 Å². The zero-order valence-electron chi connectivity index (χ0n) is 10.2. The third-order valence-electron chi connectivity index (χ3n) is 3.04. The van der Waals surface area contributed by atoms with E-state index in [0.29, 0.717) is 6.04 Å². The molecule has 0 spiro atoms. The molecule has 3 nitrogen and oxygen atoms in total. The lowest BCUT2D eigenvalue weighted by Gasteiger charge is -2.21. The maximum absolute atomic E-state index is 11.6. The summed E-state index contributed by atoms with van der Waals surface area (Å²) >= 11 is 0. The van der Waals surface area contributed by atoms with E-state index in [9.17, 15) is 4.79 Å². The third-order valence-corrected chi connectivity index (χ3v) is 3.04. The molecule has 0 radical (unpaired) electrons. The lowest BCUT2D eigenvalue weighted by Crippen LogP contribution is -2.47. The summed E-state index contributed by atoms with van der Waals surface area (Å²) in [7, 11) is 0. The number of hydrogen-bond acceptors (Lipinski definition) is 2. The molecule has 1 aliphatic rings. The van der Waals surface area contributed by atoms with Gasteiger partial charge in [-0.2, -0.15) is 0 Å². The molecule has 1 amide bonds. The Hall–Kier alpha value is -0.570. The molecule has 0 aromatic carbocycles. The number of carbonyl (C=O) groups excluding carboxylic acids is 1. The quantitative estimate of drug-likeness (QED) is 0.674. The van der Waals surface area contributed by atoms with Gasteiger partial charge in [0.15, 0.2) is 0 Å². The van der Waals surface area contributed by atoms with E-state index in [1.54, 1.807) is 0 Å². The molecule has 15 heavy (non-hydrogen) atoms. The van der Waals surface area contributed by atoms with Crippen molar-refractivity contribution >= 4 is 5.91 Å². The lowest BCUT2D eigenvalue weighted by molar-refractivity contribution is -0.122. The van der Waals surface area contributed by atoms with E-state index in [2.05, 4.69) is 24.5 Å². The minimum absolute atomic E-state index is 0.0536. The van der Waals surface area contributed by atoms with Gasteiger partial charge >= 0.3 is 0 Å². The highest BCUT2D eigenvalue weighted by atomic mass is 16.2. The average molecular weight is 212 g/mol. The first kappa shape index (κ1) is 12.5. The van der Waals surface area contributed by atoms with Crippen molar-refractivity contribution in [3.8, 4) is 0 Å². The van der Waals surface area contributed by atoms with Crippen molar-refractivity contribution in [2.45, 2.75) is 58.5 Å². The Morgan fingerprint density at radius 2 is 2.07 bits per heavy atom. The predicted molar refractivity (Wildman–Crippen MR) is 62.7 cm³/mol. The fourth-order valence-corrected chi connectivity index (χ4v) is 1.88. The number of rotatable bonds is 7. The van der Waals surface area contributed by atoms with Crippen molar-refractivity contribution in [2.75, 3.05) is 6.54 Å². The largest absolute Gasteiger partial charge is 0.355 e.